The van der Waals surface area contributed by atoms with Crippen molar-refractivity contribution in [2.24, 2.45) is 0 Å². The number of benzene rings is 3. The van der Waals surface area contributed by atoms with Gasteiger partial charge in [-0.2, -0.15) is 0 Å². The quantitative estimate of drug-likeness (QED) is 0.355. The van der Waals surface area contributed by atoms with Crippen molar-refractivity contribution in [3.63, 3.8) is 0 Å². The molecule has 0 aliphatic heterocycles. The van der Waals surface area contributed by atoms with Crippen LogP contribution in [-0.2, 0) is 4.79 Å². The molecule has 0 aliphatic carbocycles. The van der Waals surface area contributed by atoms with Crippen molar-refractivity contribution in [2.75, 3.05) is 17.3 Å². The zero-order valence-corrected chi connectivity index (χ0v) is 18.6. The van der Waals surface area contributed by atoms with Crippen LogP contribution >= 0.6 is 23.5 Å². The van der Waals surface area contributed by atoms with Gasteiger partial charge in [0.15, 0.2) is 11.0 Å². The fourth-order valence-electron chi connectivity index (χ4n) is 3.03. The number of anilines is 1. The van der Waals surface area contributed by atoms with E-state index in [-0.39, 0.29) is 23.0 Å². The number of carbonyl (C=O) groups excluding carboxylic acids is 1. The van der Waals surface area contributed by atoms with E-state index in [1.807, 2.05) is 30.5 Å². The Kier molecular flexibility index (Phi) is 6.87. The number of hydrogen-bond acceptors (Lipinski definition) is 5. The van der Waals surface area contributed by atoms with Crippen molar-refractivity contribution in [1.29, 1.82) is 0 Å². The molecule has 1 aromatic heterocycles. The molecule has 9 heteroatoms. The lowest BCUT2D eigenvalue weighted by molar-refractivity contribution is -0.113. The van der Waals surface area contributed by atoms with Gasteiger partial charge in [0, 0.05) is 16.3 Å². The molecule has 0 spiro atoms. The Morgan fingerprint density at radius 3 is 2.53 bits per heavy atom. The number of nitrogens with zero attached hydrogens (tertiary/aromatic N) is 3. The average molecular weight is 469 g/mol. The van der Waals surface area contributed by atoms with Gasteiger partial charge in [-0.1, -0.05) is 30.0 Å². The van der Waals surface area contributed by atoms with Gasteiger partial charge < -0.3 is 5.32 Å². The molecular formula is C23H18F2N4OS2. The number of nitrogens with one attached hydrogen (secondary N) is 1. The molecule has 0 saturated heterocycles. The highest BCUT2D eigenvalue weighted by Crippen LogP contribution is 2.29. The zero-order chi connectivity index (χ0) is 22.5. The molecule has 1 N–H and O–H groups in total. The summed E-state index contributed by atoms with van der Waals surface area (Å²) in [6.45, 7) is 0. The van der Waals surface area contributed by atoms with Crippen LogP contribution in [0.3, 0.4) is 0 Å². The summed E-state index contributed by atoms with van der Waals surface area (Å²) < 4.78 is 29.5. The second-order valence-corrected chi connectivity index (χ2v) is 8.49. The van der Waals surface area contributed by atoms with Crippen molar-refractivity contribution < 1.29 is 13.6 Å². The van der Waals surface area contributed by atoms with Crippen LogP contribution in [0, 0.1) is 11.6 Å². The summed E-state index contributed by atoms with van der Waals surface area (Å²) >= 11 is 2.75. The van der Waals surface area contributed by atoms with E-state index in [0.29, 0.717) is 16.5 Å². The van der Waals surface area contributed by atoms with Crippen LogP contribution < -0.4 is 5.32 Å². The third-order valence-corrected chi connectivity index (χ3v) is 6.17. The topological polar surface area (TPSA) is 59.8 Å². The standard InChI is InChI=1S/C23H18F2N4OS2/c1-31-18-6-4-5-16(13-18)26-21(30)14-32-23-28-27-22(19-7-2-3-8-20(19)25)29(23)17-11-9-15(24)10-12-17/h2-13H,14H2,1H3,(H,26,30). The maximum absolute atomic E-state index is 14.4. The average Bonchev–Trinajstić information content (AvgIpc) is 3.22. The van der Waals surface area contributed by atoms with Crippen LogP contribution in [0.25, 0.3) is 17.1 Å². The van der Waals surface area contributed by atoms with E-state index >= 15 is 0 Å². The smallest absolute Gasteiger partial charge is 0.234 e. The highest BCUT2D eigenvalue weighted by Gasteiger charge is 2.19. The number of thioether (sulfide) groups is 2. The molecule has 4 aromatic rings. The van der Waals surface area contributed by atoms with E-state index in [1.54, 1.807) is 46.7 Å². The van der Waals surface area contributed by atoms with Gasteiger partial charge >= 0.3 is 0 Å². The molecule has 162 valence electrons. The summed E-state index contributed by atoms with van der Waals surface area (Å²) in [6, 6.07) is 19.5. The van der Waals surface area contributed by atoms with Crippen LogP contribution in [-0.4, -0.2) is 32.7 Å². The first kappa shape index (κ1) is 22.0. The molecular weight excluding hydrogens is 450 g/mol. The molecule has 5 nitrogen and oxygen atoms in total. The lowest BCUT2D eigenvalue weighted by Gasteiger charge is -2.11. The van der Waals surface area contributed by atoms with Crippen LogP contribution in [0.2, 0.25) is 0 Å². The molecule has 3 aromatic carbocycles. The Labute approximate surface area is 192 Å². The molecule has 0 fully saturated rings. The van der Waals surface area contributed by atoms with E-state index in [9.17, 15) is 13.6 Å². The minimum absolute atomic E-state index is 0.0695. The normalized spacial score (nSPS) is 10.8. The fourth-order valence-corrected chi connectivity index (χ4v) is 4.24. The first-order valence-corrected chi connectivity index (χ1v) is 11.8. The highest BCUT2D eigenvalue weighted by atomic mass is 32.2. The number of carbonyl (C=O) groups is 1. The van der Waals surface area contributed by atoms with Crippen molar-refractivity contribution >= 4 is 35.1 Å². The number of aromatic nitrogens is 3. The molecule has 0 aliphatic rings. The Balaban J connectivity index is 1.60. The molecule has 0 unspecified atom stereocenters. The summed E-state index contributed by atoms with van der Waals surface area (Å²) in [5.74, 6) is -0.721. The van der Waals surface area contributed by atoms with Gasteiger partial charge in [-0.05, 0) is 60.9 Å². The first-order valence-electron chi connectivity index (χ1n) is 9.58. The summed E-state index contributed by atoms with van der Waals surface area (Å²) in [5, 5.41) is 11.6. The molecule has 32 heavy (non-hydrogen) atoms. The monoisotopic (exact) mass is 468 g/mol. The van der Waals surface area contributed by atoms with E-state index in [0.717, 1.165) is 16.7 Å². The van der Waals surface area contributed by atoms with Crippen molar-refractivity contribution in [1.82, 2.24) is 14.8 Å². The Morgan fingerprint density at radius 2 is 1.78 bits per heavy atom. The molecule has 1 heterocycles. The molecule has 0 bridgehead atoms. The molecule has 0 radical (unpaired) electrons. The summed E-state index contributed by atoms with van der Waals surface area (Å²) in [4.78, 5) is 13.5. The lowest BCUT2D eigenvalue weighted by Crippen LogP contribution is -2.14. The highest BCUT2D eigenvalue weighted by molar-refractivity contribution is 7.99. The van der Waals surface area contributed by atoms with Crippen molar-refractivity contribution in [3.8, 4) is 17.1 Å². The largest absolute Gasteiger partial charge is 0.325 e. The number of hydrogen-bond donors (Lipinski definition) is 1. The molecule has 4 rings (SSSR count). The Bertz CT molecular complexity index is 1240. The van der Waals surface area contributed by atoms with Gasteiger partial charge in [0.05, 0.1) is 11.3 Å². The predicted octanol–water partition coefficient (Wildman–Crippen LogP) is 5.67. The van der Waals surface area contributed by atoms with Gasteiger partial charge in [0.25, 0.3) is 0 Å². The van der Waals surface area contributed by atoms with Gasteiger partial charge in [-0.15, -0.1) is 22.0 Å². The Hall–Kier alpha value is -3.17. The van der Waals surface area contributed by atoms with Gasteiger partial charge in [-0.3, -0.25) is 9.36 Å². The summed E-state index contributed by atoms with van der Waals surface area (Å²) in [5.41, 5.74) is 1.52. The van der Waals surface area contributed by atoms with Crippen molar-refractivity contribution in [3.05, 3.63) is 84.4 Å². The van der Waals surface area contributed by atoms with E-state index < -0.39 is 11.6 Å². The maximum atomic E-state index is 14.4. The van der Waals surface area contributed by atoms with Gasteiger partial charge in [0.1, 0.15) is 11.6 Å². The van der Waals surface area contributed by atoms with Gasteiger partial charge in [0.2, 0.25) is 5.91 Å². The van der Waals surface area contributed by atoms with E-state index in [4.69, 9.17) is 0 Å². The van der Waals surface area contributed by atoms with Crippen LogP contribution in [0.5, 0.6) is 0 Å². The number of rotatable bonds is 7. The van der Waals surface area contributed by atoms with E-state index in [1.165, 1.54) is 18.2 Å². The minimum atomic E-state index is -0.453. The van der Waals surface area contributed by atoms with Crippen LogP contribution in [0.4, 0.5) is 14.5 Å². The number of amides is 1. The molecule has 0 atom stereocenters. The third kappa shape index (κ3) is 5.00. The lowest BCUT2D eigenvalue weighted by atomic mass is 10.2. The zero-order valence-electron chi connectivity index (χ0n) is 17.0. The first-order chi connectivity index (χ1) is 15.5. The predicted molar refractivity (Wildman–Crippen MR) is 124 cm³/mol. The van der Waals surface area contributed by atoms with Crippen LogP contribution in [0.15, 0.2) is 82.8 Å². The van der Waals surface area contributed by atoms with Gasteiger partial charge in [-0.25, -0.2) is 8.78 Å². The minimum Gasteiger partial charge on any atom is -0.325 e. The number of halogens is 2. The second kappa shape index (κ2) is 9.97. The third-order valence-electron chi connectivity index (χ3n) is 4.52. The maximum Gasteiger partial charge on any atom is 0.234 e. The van der Waals surface area contributed by atoms with E-state index in [2.05, 4.69) is 15.5 Å². The van der Waals surface area contributed by atoms with Crippen LogP contribution in [0.1, 0.15) is 0 Å². The second-order valence-electron chi connectivity index (χ2n) is 6.67. The fraction of sp³-hybridized carbons (Fsp3) is 0.0870. The summed E-state index contributed by atoms with van der Waals surface area (Å²) in [6.07, 6.45) is 1.96. The SMILES string of the molecule is CSc1cccc(NC(=O)CSc2nnc(-c3ccccc3F)n2-c2ccc(F)cc2)c1. The molecule has 0 saturated carbocycles. The summed E-state index contributed by atoms with van der Waals surface area (Å²) in [7, 11) is 0. The molecule has 1 amide bonds. The van der Waals surface area contributed by atoms with Crippen molar-refractivity contribution in [2.45, 2.75) is 10.1 Å². The Morgan fingerprint density at radius 1 is 1.00 bits per heavy atom.